The summed E-state index contributed by atoms with van der Waals surface area (Å²) < 4.78 is 56.1. The first kappa shape index (κ1) is 25.8. The van der Waals surface area contributed by atoms with Crippen molar-refractivity contribution in [3.05, 3.63) is 59.4 Å². The van der Waals surface area contributed by atoms with E-state index in [0.717, 1.165) is 23.9 Å². The summed E-state index contributed by atoms with van der Waals surface area (Å²) in [5, 5.41) is 3.35. The van der Waals surface area contributed by atoms with Crippen molar-refractivity contribution < 1.29 is 31.5 Å². The van der Waals surface area contributed by atoms with Gasteiger partial charge in [0, 0.05) is 38.9 Å². The van der Waals surface area contributed by atoms with Gasteiger partial charge in [-0.3, -0.25) is 9.59 Å². The average Bonchev–Trinajstić information content (AvgIpc) is 2.71. The number of rotatable bonds is 9. The predicted molar refractivity (Wildman–Crippen MR) is 117 cm³/mol. The Hall–Kier alpha value is -3.41. The summed E-state index contributed by atoms with van der Waals surface area (Å²) in [7, 11) is -0.526. The maximum atomic E-state index is 13.8. The van der Waals surface area contributed by atoms with Crippen LogP contribution in [0.2, 0.25) is 0 Å². The molecule has 0 spiro atoms. The number of benzene rings is 1. The van der Waals surface area contributed by atoms with Crippen molar-refractivity contribution in [2.45, 2.75) is 25.3 Å². The van der Waals surface area contributed by atoms with Gasteiger partial charge in [0.1, 0.15) is 11.3 Å². The number of sulfone groups is 1. The molecule has 2 rings (SSSR count). The van der Waals surface area contributed by atoms with Crippen LogP contribution in [0.5, 0.6) is 11.6 Å². The molecule has 1 aromatic carbocycles. The number of nitrogens with zero attached hydrogens (tertiary/aromatic N) is 3. The minimum atomic E-state index is -3.54. The zero-order valence-corrected chi connectivity index (χ0v) is 19.3. The van der Waals surface area contributed by atoms with Gasteiger partial charge in [-0.25, -0.2) is 13.4 Å². The van der Waals surface area contributed by atoms with Crippen molar-refractivity contribution in [2.24, 2.45) is 0 Å². The first-order chi connectivity index (χ1) is 15.3. The Kier molecular flexibility index (Phi) is 8.20. The summed E-state index contributed by atoms with van der Waals surface area (Å²) in [6.45, 7) is 0.604. The second kappa shape index (κ2) is 10.5. The van der Waals surface area contributed by atoms with Gasteiger partial charge in [0.05, 0.1) is 12.5 Å². The minimum absolute atomic E-state index is 0.243. The summed E-state index contributed by atoms with van der Waals surface area (Å²) >= 11 is 0. The van der Waals surface area contributed by atoms with Gasteiger partial charge in [0.2, 0.25) is 17.6 Å². The number of carbonyl (C=O) groups is 2. The molecule has 1 N–H and O–H groups in total. The molecule has 1 unspecified atom stereocenters. The van der Waals surface area contributed by atoms with E-state index in [1.54, 1.807) is 30.3 Å². The maximum absolute atomic E-state index is 13.8. The number of hydrogen-bond donors (Lipinski definition) is 1. The van der Waals surface area contributed by atoms with E-state index < -0.39 is 39.4 Å². The van der Waals surface area contributed by atoms with E-state index in [-0.39, 0.29) is 23.6 Å². The number of carbonyl (C=O) groups excluding carboxylic acids is 2. The number of hydrogen-bond acceptors (Lipinski definition) is 7. The van der Waals surface area contributed by atoms with Gasteiger partial charge in [-0.05, 0) is 12.1 Å². The molecule has 2 aromatic rings. The van der Waals surface area contributed by atoms with Gasteiger partial charge in [-0.15, -0.1) is 0 Å². The first-order valence-electron chi connectivity index (χ1n) is 9.64. The molecule has 12 heteroatoms. The lowest BCUT2D eigenvalue weighted by Gasteiger charge is -2.19. The minimum Gasteiger partial charge on any atom is -0.438 e. The van der Waals surface area contributed by atoms with E-state index in [9.17, 15) is 26.8 Å². The fraction of sp³-hybridized carbons (Fsp3) is 0.333. The zero-order chi connectivity index (χ0) is 24.8. The van der Waals surface area contributed by atoms with E-state index in [1.807, 2.05) is 0 Å². The monoisotopic (exact) mass is 482 g/mol. The van der Waals surface area contributed by atoms with Crippen molar-refractivity contribution in [3.8, 4) is 11.6 Å². The Labute approximate surface area is 190 Å². The molecule has 9 nitrogen and oxygen atoms in total. The van der Waals surface area contributed by atoms with Crippen LogP contribution in [0.15, 0.2) is 48.0 Å². The average molecular weight is 483 g/mol. The Morgan fingerprint density at radius 3 is 2.42 bits per heavy atom. The summed E-state index contributed by atoms with van der Waals surface area (Å²) in [6.07, 6.45) is 2.76. The molecule has 1 atom stereocenters. The largest absolute Gasteiger partial charge is 0.438 e. The van der Waals surface area contributed by atoms with E-state index in [2.05, 4.69) is 15.3 Å². The molecular weight excluding hydrogens is 458 g/mol. The van der Waals surface area contributed by atoms with E-state index >= 15 is 0 Å². The molecule has 2 amide bonds. The Morgan fingerprint density at radius 1 is 1.24 bits per heavy atom. The molecule has 1 heterocycles. The van der Waals surface area contributed by atoms with Gasteiger partial charge in [0.15, 0.2) is 9.84 Å². The highest BCUT2D eigenvalue weighted by Crippen LogP contribution is 2.29. The molecule has 0 saturated carbocycles. The number of halogens is 2. The summed E-state index contributed by atoms with van der Waals surface area (Å²) in [6, 6.07) is 7.07. The second-order valence-corrected chi connectivity index (χ2v) is 9.38. The number of ether oxygens (including phenoxy) is 1. The molecule has 0 saturated heterocycles. The van der Waals surface area contributed by atoms with Crippen LogP contribution < -0.4 is 10.1 Å². The highest BCUT2D eigenvalue weighted by Gasteiger charge is 2.31. The third kappa shape index (κ3) is 8.22. The molecule has 0 bridgehead atoms. The van der Waals surface area contributed by atoms with Crippen LogP contribution in [-0.4, -0.2) is 61.5 Å². The number of alkyl halides is 2. The van der Waals surface area contributed by atoms with Gasteiger partial charge in [-0.2, -0.15) is 13.8 Å². The summed E-state index contributed by atoms with van der Waals surface area (Å²) in [5.74, 6) is -5.64. The number of aromatic nitrogens is 2. The molecular formula is C21H24F2N4O5S. The van der Waals surface area contributed by atoms with Gasteiger partial charge in [0.25, 0.3) is 5.91 Å². The van der Waals surface area contributed by atoms with Crippen LogP contribution in [-0.2, 0) is 20.6 Å². The van der Waals surface area contributed by atoms with Crippen molar-refractivity contribution in [2.75, 3.05) is 20.4 Å². The highest BCUT2D eigenvalue weighted by atomic mass is 32.2. The lowest BCUT2D eigenvalue weighted by atomic mass is 10.1. The normalized spacial score (nSPS) is 12.9. The van der Waals surface area contributed by atoms with Crippen LogP contribution in [0.1, 0.15) is 29.5 Å². The first-order valence-corrected chi connectivity index (χ1v) is 11.6. The predicted octanol–water partition coefficient (Wildman–Crippen LogP) is 2.52. The van der Waals surface area contributed by atoms with Crippen molar-refractivity contribution in [1.29, 1.82) is 0 Å². The summed E-state index contributed by atoms with van der Waals surface area (Å²) in [4.78, 5) is 33.6. The zero-order valence-electron chi connectivity index (χ0n) is 18.5. The van der Waals surface area contributed by atoms with E-state index in [0.29, 0.717) is 6.92 Å². The molecule has 178 valence electrons. The Bertz CT molecular complexity index is 1130. The standard InChI is InChI=1S/C21H24F2N4O5S/c1-21(22,23)20-24-13-16(19(26-20)32-15-8-6-5-7-9-15)18(29)25-14(10-11-33(4,30)31)12-17(28)27(2)3/h5-11,13-14H,12H2,1-4H3,(H,25,29)/b11-10+. The van der Waals surface area contributed by atoms with Gasteiger partial charge in [-0.1, -0.05) is 24.3 Å². The second-order valence-electron chi connectivity index (χ2n) is 7.45. The molecule has 1 aromatic heterocycles. The number of para-hydroxylation sites is 1. The third-order valence-electron chi connectivity index (χ3n) is 4.12. The van der Waals surface area contributed by atoms with Crippen LogP contribution in [0, 0.1) is 0 Å². The quantitative estimate of drug-likeness (QED) is 0.583. The highest BCUT2D eigenvalue weighted by molar-refractivity contribution is 7.93. The molecule has 33 heavy (non-hydrogen) atoms. The SMILES string of the molecule is CN(C)C(=O)CC(/C=C/S(C)(=O)=O)NC(=O)c1cnc(C(C)(F)F)nc1Oc1ccccc1. The fourth-order valence-electron chi connectivity index (χ4n) is 2.43. The lowest BCUT2D eigenvalue weighted by Crippen LogP contribution is -2.38. The van der Waals surface area contributed by atoms with Crippen LogP contribution in [0.3, 0.4) is 0 Å². The summed E-state index contributed by atoms with van der Waals surface area (Å²) in [5.41, 5.74) is -0.276. The van der Waals surface area contributed by atoms with Crippen molar-refractivity contribution in [3.63, 3.8) is 0 Å². The molecule has 0 aliphatic heterocycles. The Balaban J connectivity index is 2.41. The van der Waals surface area contributed by atoms with Crippen molar-refractivity contribution >= 4 is 21.7 Å². The van der Waals surface area contributed by atoms with E-state index in [4.69, 9.17) is 4.74 Å². The van der Waals surface area contributed by atoms with Crippen LogP contribution >= 0.6 is 0 Å². The fourth-order valence-corrected chi connectivity index (χ4v) is 2.91. The topological polar surface area (TPSA) is 119 Å². The van der Waals surface area contributed by atoms with Crippen LogP contribution in [0.25, 0.3) is 0 Å². The van der Waals surface area contributed by atoms with Gasteiger partial charge < -0.3 is 15.0 Å². The lowest BCUT2D eigenvalue weighted by molar-refractivity contribution is -0.128. The molecule has 0 aliphatic carbocycles. The van der Waals surface area contributed by atoms with Crippen molar-refractivity contribution in [1.82, 2.24) is 20.2 Å². The smallest absolute Gasteiger partial charge is 0.303 e. The molecule has 0 radical (unpaired) electrons. The number of amides is 2. The maximum Gasteiger partial charge on any atom is 0.303 e. The molecule has 0 fully saturated rings. The number of nitrogens with one attached hydrogen (secondary N) is 1. The Morgan fingerprint density at radius 2 is 1.88 bits per heavy atom. The van der Waals surface area contributed by atoms with Gasteiger partial charge >= 0.3 is 5.92 Å². The van der Waals surface area contributed by atoms with Crippen LogP contribution in [0.4, 0.5) is 8.78 Å². The molecule has 0 aliphatic rings. The third-order valence-corrected chi connectivity index (χ3v) is 4.77. The van der Waals surface area contributed by atoms with E-state index in [1.165, 1.54) is 19.0 Å².